The number of aromatic amines is 1. The summed E-state index contributed by atoms with van der Waals surface area (Å²) in [5, 5.41) is 0.884. The Balaban J connectivity index is 0.00000144. The van der Waals surface area contributed by atoms with E-state index in [9.17, 15) is 4.79 Å². The fourth-order valence-electron chi connectivity index (χ4n) is 1.54. The van der Waals surface area contributed by atoms with Crippen LogP contribution in [-0.4, -0.2) is 17.6 Å². The van der Waals surface area contributed by atoms with Gasteiger partial charge in [0.2, 0.25) is 0 Å². The maximum atomic E-state index is 11.5. The fourth-order valence-corrected chi connectivity index (χ4v) is 2.13. The largest absolute Gasteiger partial charge is 0.461 e. The lowest BCUT2D eigenvalue weighted by molar-refractivity contribution is 0.0520. The van der Waals surface area contributed by atoms with Crippen molar-refractivity contribution in [2.75, 3.05) is 12.3 Å². The molecule has 0 bridgehead atoms. The number of nitrogens with one attached hydrogen (secondary N) is 1. The van der Waals surface area contributed by atoms with Crippen molar-refractivity contribution in [3.63, 3.8) is 0 Å². The van der Waals surface area contributed by atoms with Gasteiger partial charge in [0.05, 0.1) is 12.1 Å². The number of aromatic nitrogens is 1. The molecular formula is C11H12BrClN2O2. The predicted octanol–water partition coefficient (Wildman–Crippen LogP) is 3.11. The number of carbonyl (C=O) groups excluding carboxylic acids is 1. The lowest BCUT2D eigenvalue weighted by Crippen LogP contribution is -2.04. The standard InChI is InChI=1S/C11H11BrN2O2.ClH/c1-2-16-11(15)9-4-6-3-7(13)5-8(12)10(6)14-9;/h3-5,14H,2,13H2,1H3;1H. The Morgan fingerprint density at radius 1 is 1.47 bits per heavy atom. The van der Waals surface area contributed by atoms with Gasteiger partial charge in [0, 0.05) is 15.5 Å². The molecule has 2 aromatic rings. The highest BCUT2D eigenvalue weighted by Crippen LogP contribution is 2.27. The van der Waals surface area contributed by atoms with Crippen molar-refractivity contribution in [1.29, 1.82) is 0 Å². The van der Waals surface area contributed by atoms with Crippen molar-refractivity contribution in [3.8, 4) is 0 Å². The average Bonchev–Trinajstić information content (AvgIpc) is 2.62. The first-order valence-corrected chi connectivity index (χ1v) is 5.66. The van der Waals surface area contributed by atoms with Crippen LogP contribution in [0.25, 0.3) is 10.9 Å². The highest BCUT2D eigenvalue weighted by atomic mass is 79.9. The van der Waals surface area contributed by atoms with E-state index in [2.05, 4.69) is 20.9 Å². The van der Waals surface area contributed by atoms with Crippen LogP contribution in [0.15, 0.2) is 22.7 Å². The summed E-state index contributed by atoms with van der Waals surface area (Å²) in [5.74, 6) is -0.357. The summed E-state index contributed by atoms with van der Waals surface area (Å²) < 4.78 is 5.74. The van der Waals surface area contributed by atoms with Gasteiger partial charge in [-0.25, -0.2) is 4.79 Å². The second kappa shape index (κ2) is 5.42. The first kappa shape index (κ1) is 13.9. The topological polar surface area (TPSA) is 68.1 Å². The van der Waals surface area contributed by atoms with Crippen molar-refractivity contribution in [3.05, 3.63) is 28.4 Å². The summed E-state index contributed by atoms with van der Waals surface area (Å²) in [6.07, 6.45) is 0. The van der Waals surface area contributed by atoms with Crippen LogP contribution in [0.5, 0.6) is 0 Å². The van der Waals surface area contributed by atoms with E-state index in [4.69, 9.17) is 10.5 Å². The van der Waals surface area contributed by atoms with Crippen molar-refractivity contribution in [2.45, 2.75) is 6.92 Å². The minimum absolute atomic E-state index is 0. The number of benzene rings is 1. The number of rotatable bonds is 2. The van der Waals surface area contributed by atoms with Crippen LogP contribution < -0.4 is 5.73 Å². The van der Waals surface area contributed by atoms with Gasteiger partial charge in [-0.05, 0) is 41.1 Å². The Bertz CT molecular complexity index is 554. The van der Waals surface area contributed by atoms with E-state index in [1.54, 1.807) is 25.1 Å². The van der Waals surface area contributed by atoms with Gasteiger partial charge >= 0.3 is 5.97 Å². The van der Waals surface area contributed by atoms with Crippen LogP contribution in [0.4, 0.5) is 5.69 Å². The number of anilines is 1. The molecule has 0 saturated heterocycles. The second-order valence-corrected chi connectivity index (χ2v) is 4.22. The Hall–Kier alpha value is -1.20. The van der Waals surface area contributed by atoms with Gasteiger partial charge in [0.25, 0.3) is 0 Å². The molecule has 0 spiro atoms. The lowest BCUT2D eigenvalue weighted by Gasteiger charge is -1.97. The molecule has 0 aliphatic carbocycles. The minimum atomic E-state index is -0.357. The van der Waals surface area contributed by atoms with Crippen LogP contribution in [0.2, 0.25) is 0 Å². The van der Waals surface area contributed by atoms with Crippen molar-refractivity contribution in [1.82, 2.24) is 4.98 Å². The number of esters is 1. The zero-order valence-corrected chi connectivity index (χ0v) is 11.5. The Morgan fingerprint density at radius 2 is 2.18 bits per heavy atom. The Kier molecular flexibility index (Phi) is 4.42. The highest BCUT2D eigenvalue weighted by molar-refractivity contribution is 9.10. The minimum Gasteiger partial charge on any atom is -0.461 e. The van der Waals surface area contributed by atoms with E-state index < -0.39 is 0 Å². The molecule has 1 aromatic carbocycles. The fraction of sp³-hybridized carbons (Fsp3) is 0.182. The predicted molar refractivity (Wildman–Crippen MR) is 73.6 cm³/mol. The van der Waals surface area contributed by atoms with E-state index in [1.165, 1.54) is 0 Å². The number of fused-ring (bicyclic) bond motifs is 1. The molecule has 1 heterocycles. The Morgan fingerprint density at radius 3 is 2.82 bits per heavy atom. The SMILES string of the molecule is CCOC(=O)c1cc2cc(N)cc(Br)c2[nH]1.Cl. The smallest absolute Gasteiger partial charge is 0.354 e. The van der Waals surface area contributed by atoms with Crippen molar-refractivity contribution >= 4 is 50.9 Å². The summed E-state index contributed by atoms with van der Waals surface area (Å²) in [6, 6.07) is 5.32. The quantitative estimate of drug-likeness (QED) is 0.660. The van der Waals surface area contributed by atoms with Gasteiger partial charge in [-0.15, -0.1) is 12.4 Å². The molecule has 2 rings (SSSR count). The number of halogens is 2. The van der Waals surface area contributed by atoms with Crippen LogP contribution >= 0.6 is 28.3 Å². The molecule has 6 heteroatoms. The van der Waals surface area contributed by atoms with Crippen LogP contribution in [0.1, 0.15) is 17.4 Å². The maximum absolute atomic E-state index is 11.5. The number of H-pyrrole nitrogens is 1. The van der Waals surface area contributed by atoms with E-state index in [0.29, 0.717) is 18.0 Å². The summed E-state index contributed by atoms with van der Waals surface area (Å²) in [4.78, 5) is 14.5. The second-order valence-electron chi connectivity index (χ2n) is 3.37. The zero-order chi connectivity index (χ0) is 11.7. The van der Waals surface area contributed by atoms with Crippen LogP contribution in [0, 0.1) is 0 Å². The summed E-state index contributed by atoms with van der Waals surface area (Å²) in [6.45, 7) is 2.13. The van der Waals surface area contributed by atoms with Gasteiger partial charge < -0.3 is 15.5 Å². The lowest BCUT2D eigenvalue weighted by atomic mass is 10.2. The summed E-state index contributed by atoms with van der Waals surface area (Å²) in [5.41, 5.74) is 7.63. The first-order chi connectivity index (χ1) is 7.61. The van der Waals surface area contributed by atoms with Crippen LogP contribution in [0.3, 0.4) is 0 Å². The molecule has 4 nitrogen and oxygen atoms in total. The van der Waals surface area contributed by atoms with E-state index in [-0.39, 0.29) is 18.4 Å². The van der Waals surface area contributed by atoms with Gasteiger partial charge in [0.1, 0.15) is 5.69 Å². The number of carbonyl (C=O) groups is 1. The maximum Gasteiger partial charge on any atom is 0.354 e. The normalized spacial score (nSPS) is 10.0. The number of nitrogens with two attached hydrogens (primary N) is 1. The van der Waals surface area contributed by atoms with Gasteiger partial charge in [-0.2, -0.15) is 0 Å². The highest BCUT2D eigenvalue weighted by Gasteiger charge is 2.12. The molecule has 0 saturated carbocycles. The van der Waals surface area contributed by atoms with Gasteiger partial charge in [-0.3, -0.25) is 0 Å². The Labute approximate surface area is 113 Å². The van der Waals surface area contributed by atoms with Gasteiger partial charge in [0.15, 0.2) is 0 Å². The molecule has 1 aromatic heterocycles. The molecule has 0 fully saturated rings. The number of hydrogen-bond acceptors (Lipinski definition) is 3. The molecule has 0 amide bonds. The number of ether oxygens (including phenoxy) is 1. The molecule has 3 N–H and O–H groups in total. The van der Waals surface area contributed by atoms with Crippen molar-refractivity contribution < 1.29 is 9.53 Å². The average molecular weight is 320 g/mol. The summed E-state index contributed by atoms with van der Waals surface area (Å²) in [7, 11) is 0. The molecule has 92 valence electrons. The number of nitrogen functional groups attached to an aromatic ring is 1. The molecule has 0 radical (unpaired) electrons. The summed E-state index contributed by atoms with van der Waals surface area (Å²) >= 11 is 3.39. The molecular weight excluding hydrogens is 307 g/mol. The zero-order valence-electron chi connectivity index (χ0n) is 9.12. The molecule has 0 aliphatic heterocycles. The van der Waals surface area contributed by atoms with E-state index in [0.717, 1.165) is 15.4 Å². The van der Waals surface area contributed by atoms with Crippen LogP contribution in [-0.2, 0) is 4.74 Å². The third-order valence-corrected chi connectivity index (χ3v) is 2.82. The third-order valence-electron chi connectivity index (χ3n) is 2.20. The first-order valence-electron chi connectivity index (χ1n) is 4.86. The van der Waals surface area contributed by atoms with E-state index >= 15 is 0 Å². The van der Waals surface area contributed by atoms with Gasteiger partial charge in [-0.1, -0.05) is 0 Å². The molecule has 0 aliphatic rings. The monoisotopic (exact) mass is 318 g/mol. The number of hydrogen-bond donors (Lipinski definition) is 2. The van der Waals surface area contributed by atoms with E-state index in [1.807, 2.05) is 0 Å². The molecule has 0 unspecified atom stereocenters. The molecule has 17 heavy (non-hydrogen) atoms. The van der Waals surface area contributed by atoms with Crippen molar-refractivity contribution in [2.24, 2.45) is 0 Å². The molecule has 0 atom stereocenters. The third kappa shape index (κ3) is 2.73.